The fourth-order valence-electron chi connectivity index (χ4n) is 1.72. The second kappa shape index (κ2) is 5.00. The molecule has 0 saturated carbocycles. The quantitative estimate of drug-likeness (QED) is 0.705. The summed E-state index contributed by atoms with van der Waals surface area (Å²) in [6.07, 6.45) is 0. The highest BCUT2D eigenvalue weighted by molar-refractivity contribution is 14.1. The van der Waals surface area contributed by atoms with E-state index in [1.165, 1.54) is 0 Å². The van der Waals surface area contributed by atoms with Crippen molar-refractivity contribution in [2.75, 3.05) is 0 Å². The molecule has 0 spiro atoms. The molecule has 1 N–H and O–H groups in total. The Morgan fingerprint density at radius 2 is 1.79 bits per heavy atom. The van der Waals surface area contributed by atoms with Crippen LogP contribution in [0, 0.1) is 3.57 Å². The van der Waals surface area contributed by atoms with Crippen molar-refractivity contribution in [2.24, 2.45) is 0 Å². The van der Waals surface area contributed by atoms with Crippen molar-refractivity contribution < 1.29 is 9.63 Å². The zero-order valence-corrected chi connectivity index (χ0v) is 11.9. The molecular weight excluding hydrogens is 355 g/mol. The average Bonchev–Trinajstić information content (AvgIpc) is 2.88. The average molecular weight is 364 g/mol. The largest absolute Gasteiger partial charge is 0.508 e. The van der Waals surface area contributed by atoms with Crippen LogP contribution in [0.25, 0.3) is 22.8 Å². The van der Waals surface area contributed by atoms with Crippen molar-refractivity contribution in [1.82, 2.24) is 10.1 Å². The van der Waals surface area contributed by atoms with Crippen LogP contribution >= 0.6 is 22.6 Å². The Balaban J connectivity index is 2.00. The summed E-state index contributed by atoms with van der Waals surface area (Å²) in [6.45, 7) is 0. The normalized spacial score (nSPS) is 10.6. The van der Waals surface area contributed by atoms with Gasteiger partial charge in [-0.3, -0.25) is 0 Å². The van der Waals surface area contributed by atoms with Crippen LogP contribution in [0.15, 0.2) is 53.1 Å². The van der Waals surface area contributed by atoms with E-state index < -0.39 is 0 Å². The van der Waals surface area contributed by atoms with Gasteiger partial charge in [0.15, 0.2) is 0 Å². The molecule has 0 saturated heterocycles. The summed E-state index contributed by atoms with van der Waals surface area (Å²) in [5, 5.41) is 13.4. The SMILES string of the molecule is Oc1cccc(-c2noc(-c3cccc(I)c3)n2)c1. The van der Waals surface area contributed by atoms with Gasteiger partial charge in [0.2, 0.25) is 5.82 Å². The predicted octanol–water partition coefficient (Wildman–Crippen LogP) is 3.71. The van der Waals surface area contributed by atoms with Crippen LogP contribution < -0.4 is 0 Å². The Morgan fingerprint density at radius 3 is 2.58 bits per heavy atom. The van der Waals surface area contributed by atoms with Gasteiger partial charge < -0.3 is 9.63 Å². The van der Waals surface area contributed by atoms with Crippen molar-refractivity contribution in [3.8, 4) is 28.6 Å². The zero-order valence-electron chi connectivity index (χ0n) is 9.75. The second-order valence-corrected chi connectivity index (χ2v) is 5.23. The molecule has 3 rings (SSSR count). The Bertz CT molecular complexity index is 665. The molecule has 1 heterocycles. The molecular formula is C14H9IN2O2. The maximum absolute atomic E-state index is 9.45. The van der Waals surface area contributed by atoms with Gasteiger partial charge >= 0.3 is 0 Å². The van der Waals surface area contributed by atoms with Gasteiger partial charge in [0, 0.05) is 14.7 Å². The van der Waals surface area contributed by atoms with Gasteiger partial charge in [0.1, 0.15) is 5.75 Å². The number of hydrogen-bond acceptors (Lipinski definition) is 4. The summed E-state index contributed by atoms with van der Waals surface area (Å²) in [6, 6.07) is 14.6. The van der Waals surface area contributed by atoms with Gasteiger partial charge in [-0.1, -0.05) is 23.4 Å². The van der Waals surface area contributed by atoms with E-state index in [9.17, 15) is 5.11 Å². The number of aromatic nitrogens is 2. The zero-order chi connectivity index (χ0) is 13.2. The van der Waals surface area contributed by atoms with Gasteiger partial charge in [0.05, 0.1) is 0 Å². The van der Waals surface area contributed by atoms with E-state index in [0.29, 0.717) is 11.7 Å². The van der Waals surface area contributed by atoms with Crippen LogP contribution in [0.5, 0.6) is 5.75 Å². The van der Waals surface area contributed by atoms with Crippen molar-refractivity contribution >= 4 is 22.6 Å². The first-order valence-corrected chi connectivity index (χ1v) is 6.69. The number of rotatable bonds is 2. The summed E-state index contributed by atoms with van der Waals surface area (Å²) >= 11 is 2.23. The Hall–Kier alpha value is -1.89. The van der Waals surface area contributed by atoms with Crippen molar-refractivity contribution in [3.05, 3.63) is 52.1 Å². The topological polar surface area (TPSA) is 59.2 Å². The molecule has 0 aliphatic heterocycles. The number of nitrogens with zero attached hydrogens (tertiary/aromatic N) is 2. The number of phenols is 1. The van der Waals surface area contributed by atoms with E-state index in [4.69, 9.17) is 4.52 Å². The summed E-state index contributed by atoms with van der Waals surface area (Å²) in [5.41, 5.74) is 1.60. The van der Waals surface area contributed by atoms with Crippen molar-refractivity contribution in [3.63, 3.8) is 0 Å². The lowest BCUT2D eigenvalue weighted by Gasteiger charge is -1.95. The Kier molecular flexibility index (Phi) is 3.20. The van der Waals surface area contributed by atoms with E-state index >= 15 is 0 Å². The summed E-state index contributed by atoms with van der Waals surface area (Å²) < 4.78 is 6.36. The van der Waals surface area contributed by atoms with Crippen LogP contribution in [0.1, 0.15) is 0 Å². The monoisotopic (exact) mass is 364 g/mol. The molecule has 0 fully saturated rings. The molecule has 19 heavy (non-hydrogen) atoms. The lowest BCUT2D eigenvalue weighted by Crippen LogP contribution is -1.81. The van der Waals surface area contributed by atoms with Crippen LogP contribution in [-0.4, -0.2) is 15.2 Å². The summed E-state index contributed by atoms with van der Waals surface area (Å²) in [4.78, 5) is 4.34. The molecule has 0 atom stereocenters. The molecule has 1 aromatic heterocycles. The summed E-state index contributed by atoms with van der Waals surface area (Å²) in [5.74, 6) is 1.11. The Labute approximate surface area is 123 Å². The van der Waals surface area contributed by atoms with Gasteiger partial charge in [-0.05, 0) is 52.9 Å². The first-order valence-electron chi connectivity index (χ1n) is 5.61. The van der Waals surface area contributed by atoms with Gasteiger partial charge in [-0.25, -0.2) is 0 Å². The van der Waals surface area contributed by atoms with Crippen molar-refractivity contribution in [2.45, 2.75) is 0 Å². The molecule has 4 nitrogen and oxygen atoms in total. The van der Waals surface area contributed by atoms with Crippen LogP contribution in [0.3, 0.4) is 0 Å². The van der Waals surface area contributed by atoms with E-state index in [0.717, 1.165) is 14.7 Å². The highest BCUT2D eigenvalue weighted by Gasteiger charge is 2.10. The molecule has 0 amide bonds. The van der Waals surface area contributed by atoms with Crippen molar-refractivity contribution in [1.29, 1.82) is 0 Å². The fourth-order valence-corrected chi connectivity index (χ4v) is 2.27. The lowest BCUT2D eigenvalue weighted by atomic mass is 10.2. The number of aromatic hydroxyl groups is 1. The number of benzene rings is 2. The standard InChI is InChI=1S/C14H9IN2O2/c15-11-5-1-4-10(7-11)14-16-13(17-19-14)9-3-2-6-12(18)8-9/h1-8,18H. The van der Waals surface area contributed by atoms with Gasteiger partial charge in [-0.2, -0.15) is 4.98 Å². The Morgan fingerprint density at radius 1 is 1.00 bits per heavy atom. The minimum atomic E-state index is 0.179. The minimum absolute atomic E-state index is 0.179. The highest BCUT2D eigenvalue weighted by atomic mass is 127. The lowest BCUT2D eigenvalue weighted by molar-refractivity contribution is 0.432. The predicted molar refractivity (Wildman–Crippen MR) is 79.6 cm³/mol. The van der Waals surface area contributed by atoms with Crippen LogP contribution in [0.2, 0.25) is 0 Å². The molecule has 94 valence electrons. The van der Waals surface area contributed by atoms with E-state index in [2.05, 4.69) is 32.7 Å². The molecule has 0 aliphatic carbocycles. The molecule has 0 radical (unpaired) electrons. The summed E-state index contributed by atoms with van der Waals surface area (Å²) in [7, 11) is 0. The molecule has 0 unspecified atom stereocenters. The smallest absolute Gasteiger partial charge is 0.258 e. The van der Waals surface area contributed by atoms with Crippen LogP contribution in [-0.2, 0) is 0 Å². The third-order valence-corrected chi connectivity index (χ3v) is 3.27. The van der Waals surface area contributed by atoms with Gasteiger partial charge in [0.25, 0.3) is 5.89 Å². The van der Waals surface area contributed by atoms with E-state index in [1.807, 2.05) is 30.3 Å². The molecule has 5 heteroatoms. The molecule has 3 aromatic rings. The van der Waals surface area contributed by atoms with Crippen LogP contribution in [0.4, 0.5) is 0 Å². The molecule has 0 aliphatic rings. The number of phenolic OH excluding ortho intramolecular Hbond substituents is 1. The first-order chi connectivity index (χ1) is 9.22. The van der Waals surface area contributed by atoms with Gasteiger partial charge in [-0.15, -0.1) is 0 Å². The second-order valence-electron chi connectivity index (χ2n) is 3.98. The third kappa shape index (κ3) is 2.60. The number of halogens is 1. The van der Waals surface area contributed by atoms with E-state index in [1.54, 1.807) is 18.2 Å². The maximum Gasteiger partial charge on any atom is 0.258 e. The maximum atomic E-state index is 9.45. The number of hydrogen-bond donors (Lipinski definition) is 1. The fraction of sp³-hybridized carbons (Fsp3) is 0. The molecule has 0 bridgehead atoms. The highest BCUT2D eigenvalue weighted by Crippen LogP contribution is 2.25. The van der Waals surface area contributed by atoms with E-state index in [-0.39, 0.29) is 5.75 Å². The first kappa shape index (κ1) is 12.2. The minimum Gasteiger partial charge on any atom is -0.508 e. The molecule has 2 aromatic carbocycles. The third-order valence-electron chi connectivity index (χ3n) is 2.60.